The van der Waals surface area contributed by atoms with E-state index in [0.29, 0.717) is 29.0 Å². The molecule has 3 atom stereocenters. The largest absolute Gasteiger partial charge is 0.457 e. The zero-order valence-electron chi connectivity index (χ0n) is 26.0. The molecule has 0 radical (unpaired) electrons. The molecule has 4 aromatic rings. The number of rotatable bonds is 12. The second-order valence-electron chi connectivity index (χ2n) is 11.9. The summed E-state index contributed by atoms with van der Waals surface area (Å²) in [5.74, 6) is 0.0581. The van der Waals surface area contributed by atoms with Crippen molar-refractivity contribution in [3.05, 3.63) is 112 Å². The number of piperidine rings is 1. The molecule has 0 unspecified atom stereocenters. The summed E-state index contributed by atoms with van der Waals surface area (Å²) in [5, 5.41) is 11.2. The lowest BCUT2D eigenvalue weighted by atomic mass is 10.0. The standard InChI is InChI=1S/C34H34N6O6S2/c1-34-17-28(33(43)36-19-26-16-23(21-47-26)31(35)38-39-48(44,45)27-13-6-3-7-14-27)40(29(34)18-34)30(41)20-37-32(42)22-9-8-12-25(15-22)46-24-10-4-2-5-11-24/h2-16,21,28-29,39H,17-20H2,1H3,(H2,35,38)(H,36,43)(H,37,42)/t28-,29-,34+/m0/s1. The first kappa shape index (κ1) is 32.7. The molecule has 3 amide bonds. The maximum atomic E-state index is 13.4. The van der Waals surface area contributed by atoms with Crippen molar-refractivity contribution in [2.75, 3.05) is 6.54 Å². The molecule has 1 saturated carbocycles. The van der Waals surface area contributed by atoms with Crippen molar-refractivity contribution in [2.24, 2.45) is 16.3 Å². The van der Waals surface area contributed by atoms with Crippen LogP contribution in [-0.2, 0) is 26.2 Å². The Balaban J connectivity index is 1.03. The number of ether oxygens (including phenoxy) is 1. The van der Waals surface area contributed by atoms with E-state index in [2.05, 4.69) is 27.5 Å². The number of amides is 3. The first-order valence-electron chi connectivity index (χ1n) is 15.2. The molecule has 2 fully saturated rings. The third-order valence-electron chi connectivity index (χ3n) is 8.43. The second kappa shape index (κ2) is 13.5. The van der Waals surface area contributed by atoms with Crippen molar-refractivity contribution < 1.29 is 27.5 Å². The Morgan fingerprint density at radius 1 is 0.938 bits per heavy atom. The van der Waals surface area contributed by atoms with Gasteiger partial charge >= 0.3 is 0 Å². The number of carbonyl (C=O) groups excluding carboxylic acids is 3. The van der Waals surface area contributed by atoms with Crippen LogP contribution in [0.4, 0.5) is 0 Å². The number of nitrogens with zero attached hydrogens (tertiary/aromatic N) is 2. The van der Waals surface area contributed by atoms with Gasteiger partial charge in [-0.3, -0.25) is 14.4 Å². The molecule has 2 aliphatic rings. The monoisotopic (exact) mass is 686 g/mol. The second-order valence-corrected chi connectivity index (χ2v) is 14.6. The number of sulfonamides is 1. The van der Waals surface area contributed by atoms with E-state index in [0.717, 1.165) is 11.3 Å². The summed E-state index contributed by atoms with van der Waals surface area (Å²) in [5.41, 5.74) is 6.73. The molecule has 14 heteroatoms. The van der Waals surface area contributed by atoms with Crippen molar-refractivity contribution in [1.29, 1.82) is 0 Å². The van der Waals surface area contributed by atoms with Crippen LogP contribution in [0.3, 0.4) is 0 Å². The van der Waals surface area contributed by atoms with E-state index in [9.17, 15) is 22.8 Å². The third kappa shape index (κ3) is 7.34. The molecule has 1 saturated heterocycles. The molecule has 2 heterocycles. The van der Waals surface area contributed by atoms with Crippen molar-refractivity contribution in [3.8, 4) is 11.5 Å². The van der Waals surface area contributed by atoms with Crippen LogP contribution in [0.15, 0.2) is 106 Å². The van der Waals surface area contributed by atoms with Gasteiger partial charge in [0, 0.05) is 27.4 Å². The van der Waals surface area contributed by atoms with Crippen LogP contribution in [0.1, 0.15) is 40.6 Å². The van der Waals surface area contributed by atoms with Crippen molar-refractivity contribution >= 4 is 44.9 Å². The minimum Gasteiger partial charge on any atom is -0.457 e. The Labute approximate surface area is 282 Å². The van der Waals surface area contributed by atoms with Crippen LogP contribution in [0.2, 0.25) is 0 Å². The molecule has 248 valence electrons. The molecular formula is C34H34N6O6S2. The third-order valence-corrected chi connectivity index (χ3v) is 10.6. The Kier molecular flexibility index (Phi) is 9.20. The zero-order valence-corrected chi connectivity index (χ0v) is 27.6. The van der Waals surface area contributed by atoms with Gasteiger partial charge in [0.05, 0.1) is 18.0 Å². The number of amidine groups is 1. The van der Waals surface area contributed by atoms with E-state index in [1.807, 2.05) is 30.3 Å². The molecular weight excluding hydrogens is 653 g/mol. The van der Waals surface area contributed by atoms with Crippen LogP contribution in [-0.4, -0.2) is 55.5 Å². The lowest BCUT2D eigenvalue weighted by Gasteiger charge is -2.27. The van der Waals surface area contributed by atoms with Crippen molar-refractivity contribution in [2.45, 2.75) is 43.3 Å². The minimum atomic E-state index is -3.87. The highest BCUT2D eigenvalue weighted by molar-refractivity contribution is 7.89. The number of likely N-dealkylation sites (tertiary alicyclic amines) is 1. The number of thiophene rings is 1. The SMILES string of the molecule is C[C@@]12C[C@@H]1N(C(=O)CNC(=O)c1cccc(Oc3ccccc3)c1)[C@H](C(=O)NCc1cc(/C(N)=N/NS(=O)(=O)c3ccccc3)cs1)C2. The summed E-state index contributed by atoms with van der Waals surface area (Å²) in [4.78, 5) is 44.2. The molecule has 1 aliphatic carbocycles. The minimum absolute atomic E-state index is 0.0265. The summed E-state index contributed by atoms with van der Waals surface area (Å²) in [6.07, 6.45) is 1.33. The average Bonchev–Trinajstić information content (AvgIpc) is 3.39. The number of benzene rings is 3. The highest BCUT2D eigenvalue weighted by Gasteiger charge is 2.64. The number of fused-ring (bicyclic) bond motifs is 1. The van der Waals surface area contributed by atoms with Gasteiger partial charge < -0.3 is 26.0 Å². The highest BCUT2D eigenvalue weighted by Crippen LogP contribution is 2.59. The number of nitrogens with two attached hydrogens (primary N) is 1. The quantitative estimate of drug-likeness (QED) is 0.100. The van der Waals surface area contributed by atoms with Gasteiger partial charge in [0.1, 0.15) is 17.5 Å². The van der Waals surface area contributed by atoms with Gasteiger partial charge in [-0.15, -0.1) is 16.4 Å². The number of carbonyl (C=O) groups is 3. The topological polar surface area (TPSA) is 172 Å². The van der Waals surface area contributed by atoms with E-state index in [1.54, 1.807) is 58.8 Å². The van der Waals surface area contributed by atoms with Crippen LogP contribution in [0, 0.1) is 5.41 Å². The normalized spacial score (nSPS) is 20.0. The predicted molar refractivity (Wildman–Crippen MR) is 181 cm³/mol. The fraction of sp³-hybridized carbons (Fsp3) is 0.235. The molecule has 0 spiro atoms. The Bertz CT molecular complexity index is 1970. The molecule has 3 aromatic carbocycles. The van der Waals surface area contributed by atoms with E-state index >= 15 is 0 Å². The maximum absolute atomic E-state index is 13.4. The van der Waals surface area contributed by atoms with Crippen LogP contribution in [0.25, 0.3) is 0 Å². The van der Waals surface area contributed by atoms with Gasteiger partial charge in [-0.25, -0.2) is 0 Å². The van der Waals surface area contributed by atoms with Gasteiger partial charge in [0.15, 0.2) is 5.84 Å². The summed E-state index contributed by atoms with van der Waals surface area (Å²) in [6, 6.07) is 24.7. The molecule has 12 nitrogen and oxygen atoms in total. The zero-order chi connectivity index (χ0) is 33.9. The van der Waals surface area contributed by atoms with Crippen molar-refractivity contribution in [1.82, 2.24) is 20.4 Å². The van der Waals surface area contributed by atoms with Crippen LogP contribution >= 0.6 is 11.3 Å². The van der Waals surface area contributed by atoms with Gasteiger partial charge in [-0.2, -0.15) is 13.2 Å². The molecule has 1 aromatic heterocycles. The average molecular weight is 687 g/mol. The van der Waals surface area contributed by atoms with Gasteiger partial charge in [-0.1, -0.05) is 49.4 Å². The fourth-order valence-corrected chi connectivity index (χ4v) is 7.42. The molecule has 5 N–H and O–H groups in total. The summed E-state index contributed by atoms with van der Waals surface area (Å²) in [7, 11) is -3.87. The molecule has 0 bridgehead atoms. The van der Waals surface area contributed by atoms with Crippen LogP contribution < -0.4 is 25.9 Å². The van der Waals surface area contributed by atoms with E-state index in [1.165, 1.54) is 23.5 Å². The van der Waals surface area contributed by atoms with E-state index in [4.69, 9.17) is 10.5 Å². The number of hydrazone groups is 1. The Morgan fingerprint density at radius 3 is 2.40 bits per heavy atom. The first-order chi connectivity index (χ1) is 23.0. The van der Waals surface area contributed by atoms with E-state index in [-0.39, 0.29) is 47.1 Å². The van der Waals surface area contributed by atoms with Gasteiger partial charge in [0.25, 0.3) is 15.9 Å². The highest BCUT2D eigenvalue weighted by atomic mass is 32.2. The van der Waals surface area contributed by atoms with Gasteiger partial charge in [-0.05, 0) is 66.8 Å². The summed E-state index contributed by atoms with van der Waals surface area (Å²) in [6.45, 7) is 1.99. The maximum Gasteiger partial charge on any atom is 0.276 e. The van der Waals surface area contributed by atoms with Crippen molar-refractivity contribution in [3.63, 3.8) is 0 Å². The molecule has 48 heavy (non-hydrogen) atoms. The molecule has 1 aliphatic heterocycles. The lowest BCUT2D eigenvalue weighted by Crippen LogP contribution is -2.50. The Morgan fingerprint density at radius 2 is 1.65 bits per heavy atom. The lowest BCUT2D eigenvalue weighted by molar-refractivity contribution is -0.139. The van der Waals surface area contributed by atoms with Gasteiger partial charge in [0.2, 0.25) is 11.8 Å². The number of hydrogen-bond donors (Lipinski definition) is 4. The first-order valence-corrected chi connectivity index (χ1v) is 17.6. The summed E-state index contributed by atoms with van der Waals surface area (Å²) >= 11 is 1.33. The fourth-order valence-electron chi connectivity index (χ4n) is 5.76. The number of nitrogens with one attached hydrogen (secondary N) is 3. The number of hydrogen-bond acceptors (Lipinski definition) is 8. The predicted octanol–water partition coefficient (Wildman–Crippen LogP) is 3.56. The Hall–Kier alpha value is -5.21. The number of para-hydroxylation sites is 1. The molecule has 6 rings (SSSR count). The summed E-state index contributed by atoms with van der Waals surface area (Å²) < 4.78 is 30.7. The van der Waals surface area contributed by atoms with Crippen LogP contribution in [0.5, 0.6) is 11.5 Å². The van der Waals surface area contributed by atoms with E-state index < -0.39 is 22.0 Å². The smallest absolute Gasteiger partial charge is 0.276 e.